The molecule has 0 amide bonds. The van der Waals surface area contributed by atoms with Gasteiger partial charge < -0.3 is 5.32 Å². The third-order valence-corrected chi connectivity index (χ3v) is 4.56. The van der Waals surface area contributed by atoms with Gasteiger partial charge in [0, 0.05) is 24.2 Å². The fourth-order valence-corrected chi connectivity index (χ4v) is 3.14. The van der Waals surface area contributed by atoms with Crippen molar-refractivity contribution in [3.63, 3.8) is 0 Å². The topological polar surface area (TPSA) is 37.8 Å². The van der Waals surface area contributed by atoms with Crippen LogP contribution < -0.4 is 5.32 Å². The Labute approximate surface area is 121 Å². The minimum atomic E-state index is 0.626. The van der Waals surface area contributed by atoms with Gasteiger partial charge in [-0.25, -0.2) is 9.97 Å². The largest absolute Gasteiger partial charge is 0.370 e. The Kier molecular flexibility index (Phi) is 5.49. The lowest BCUT2D eigenvalue weighted by atomic mass is 10.0. The van der Waals surface area contributed by atoms with E-state index >= 15 is 0 Å². The molecule has 19 heavy (non-hydrogen) atoms. The lowest BCUT2D eigenvalue weighted by molar-refractivity contribution is 0.688. The van der Waals surface area contributed by atoms with Crippen molar-refractivity contribution in [1.82, 2.24) is 9.97 Å². The van der Waals surface area contributed by atoms with E-state index in [4.69, 9.17) is 4.98 Å². The first-order chi connectivity index (χ1) is 9.19. The lowest BCUT2D eigenvalue weighted by Crippen LogP contribution is -2.08. The Morgan fingerprint density at radius 1 is 1.32 bits per heavy atom. The van der Waals surface area contributed by atoms with Crippen molar-refractivity contribution in [2.24, 2.45) is 0 Å². The van der Waals surface area contributed by atoms with E-state index in [9.17, 15) is 0 Å². The van der Waals surface area contributed by atoms with Crippen LogP contribution in [0.1, 0.15) is 63.9 Å². The normalized spacial score (nSPS) is 16.2. The summed E-state index contributed by atoms with van der Waals surface area (Å²) in [4.78, 5) is 9.42. The molecule has 3 nitrogen and oxygen atoms in total. The zero-order valence-electron chi connectivity index (χ0n) is 12.3. The van der Waals surface area contributed by atoms with Crippen molar-refractivity contribution < 1.29 is 0 Å². The number of rotatable bonds is 6. The summed E-state index contributed by atoms with van der Waals surface area (Å²) in [5.41, 5.74) is 1.25. The van der Waals surface area contributed by atoms with Crippen LogP contribution in [0.25, 0.3) is 0 Å². The summed E-state index contributed by atoms with van der Waals surface area (Å²) in [6, 6.07) is 2.16. The van der Waals surface area contributed by atoms with Crippen LogP contribution in [-0.2, 0) is 5.75 Å². The van der Waals surface area contributed by atoms with Crippen LogP contribution in [0.4, 0.5) is 5.82 Å². The summed E-state index contributed by atoms with van der Waals surface area (Å²) in [5, 5.41) is 3.97. The molecule has 0 unspecified atom stereocenters. The van der Waals surface area contributed by atoms with Gasteiger partial charge in [-0.1, -0.05) is 26.7 Å². The molecule has 4 heteroatoms. The molecule has 2 rings (SSSR count). The van der Waals surface area contributed by atoms with Gasteiger partial charge in [0.1, 0.15) is 11.6 Å². The molecular formula is C15H25N3S. The van der Waals surface area contributed by atoms with Crippen molar-refractivity contribution in [3.05, 3.63) is 17.6 Å². The number of nitrogens with zero attached hydrogens (tertiary/aromatic N) is 2. The Morgan fingerprint density at radius 2 is 2.05 bits per heavy atom. The molecule has 1 aromatic heterocycles. The van der Waals surface area contributed by atoms with Crippen molar-refractivity contribution in [2.45, 2.75) is 63.4 Å². The van der Waals surface area contributed by atoms with E-state index in [0.29, 0.717) is 11.2 Å². The third-order valence-electron chi connectivity index (χ3n) is 3.47. The van der Waals surface area contributed by atoms with Gasteiger partial charge in [0.25, 0.3) is 0 Å². The van der Waals surface area contributed by atoms with E-state index < -0.39 is 0 Å². The number of aromatic nitrogens is 2. The molecule has 106 valence electrons. The quantitative estimate of drug-likeness (QED) is 0.846. The van der Waals surface area contributed by atoms with Gasteiger partial charge in [0.2, 0.25) is 0 Å². The maximum Gasteiger partial charge on any atom is 0.140 e. The maximum absolute atomic E-state index is 4.80. The van der Waals surface area contributed by atoms with E-state index in [1.165, 1.54) is 31.4 Å². The maximum atomic E-state index is 4.80. The summed E-state index contributed by atoms with van der Waals surface area (Å²) >= 11 is 1.91. The first kappa shape index (κ1) is 14.6. The minimum Gasteiger partial charge on any atom is -0.370 e. The van der Waals surface area contributed by atoms with Crippen LogP contribution in [0.15, 0.2) is 6.07 Å². The Balaban J connectivity index is 2.16. The Hall–Kier alpha value is -0.770. The molecule has 0 bridgehead atoms. The highest BCUT2D eigenvalue weighted by Gasteiger charge is 2.20. The third kappa shape index (κ3) is 4.37. The monoisotopic (exact) mass is 279 g/mol. The zero-order chi connectivity index (χ0) is 13.7. The number of hydrogen-bond acceptors (Lipinski definition) is 4. The highest BCUT2D eigenvalue weighted by Crippen LogP contribution is 2.34. The zero-order valence-corrected chi connectivity index (χ0v) is 13.1. The molecular weight excluding hydrogens is 254 g/mol. The number of thioether (sulfide) groups is 1. The van der Waals surface area contributed by atoms with E-state index in [-0.39, 0.29) is 0 Å². The van der Waals surface area contributed by atoms with Gasteiger partial charge in [-0.2, -0.15) is 11.8 Å². The predicted molar refractivity (Wildman–Crippen MR) is 83.8 cm³/mol. The summed E-state index contributed by atoms with van der Waals surface area (Å²) < 4.78 is 0. The number of hydrogen-bond donors (Lipinski definition) is 1. The van der Waals surface area contributed by atoms with E-state index in [1.807, 2.05) is 11.8 Å². The first-order valence-electron chi connectivity index (χ1n) is 7.42. The highest BCUT2D eigenvalue weighted by atomic mass is 32.2. The van der Waals surface area contributed by atoms with Crippen molar-refractivity contribution in [3.8, 4) is 0 Å². The van der Waals surface area contributed by atoms with Gasteiger partial charge in [-0.3, -0.25) is 0 Å². The van der Waals surface area contributed by atoms with Crippen LogP contribution in [0.3, 0.4) is 0 Å². The van der Waals surface area contributed by atoms with E-state index in [0.717, 1.165) is 23.9 Å². The summed E-state index contributed by atoms with van der Waals surface area (Å²) in [7, 11) is 0. The van der Waals surface area contributed by atoms with Gasteiger partial charge >= 0.3 is 0 Å². The van der Waals surface area contributed by atoms with Gasteiger partial charge in [-0.05, 0) is 25.0 Å². The van der Waals surface area contributed by atoms with Gasteiger partial charge in [0.15, 0.2) is 0 Å². The fourth-order valence-electron chi connectivity index (χ4n) is 2.53. The fraction of sp³-hybridized carbons (Fsp3) is 0.733. The Bertz CT molecular complexity index is 400. The van der Waals surface area contributed by atoms with Crippen LogP contribution >= 0.6 is 11.8 Å². The van der Waals surface area contributed by atoms with Crippen molar-refractivity contribution in [2.75, 3.05) is 11.9 Å². The molecule has 0 atom stereocenters. The van der Waals surface area contributed by atoms with Crippen LogP contribution in [0.5, 0.6) is 0 Å². The summed E-state index contributed by atoms with van der Waals surface area (Å²) in [6.07, 6.45) is 5.28. The van der Waals surface area contributed by atoms with E-state index in [1.54, 1.807) is 0 Å². The molecule has 1 fully saturated rings. The molecule has 1 N–H and O–H groups in total. The average Bonchev–Trinajstić information content (AvgIpc) is 2.90. The molecule has 0 spiro atoms. The van der Waals surface area contributed by atoms with Crippen LogP contribution in [0, 0.1) is 0 Å². The smallest absolute Gasteiger partial charge is 0.140 e. The van der Waals surface area contributed by atoms with Crippen molar-refractivity contribution >= 4 is 17.6 Å². The second-order valence-electron chi connectivity index (χ2n) is 5.47. The lowest BCUT2D eigenvalue weighted by Gasteiger charge is -2.13. The summed E-state index contributed by atoms with van der Waals surface area (Å²) in [6.45, 7) is 7.46. The molecule has 0 saturated heterocycles. The molecule has 0 aliphatic heterocycles. The molecule has 1 saturated carbocycles. The molecule has 1 aliphatic rings. The standard InChI is InChI=1S/C15H25N3S/c1-4-16-14-9-13(12-7-5-6-8-12)17-15(18-14)10-19-11(2)3/h9,11-12H,4-8,10H2,1-3H3,(H,16,17,18). The van der Waals surface area contributed by atoms with Crippen LogP contribution in [-0.4, -0.2) is 21.8 Å². The second kappa shape index (κ2) is 7.13. The highest BCUT2D eigenvalue weighted by molar-refractivity contribution is 7.99. The predicted octanol–water partition coefficient (Wildman–Crippen LogP) is 4.21. The molecule has 0 aromatic carbocycles. The molecule has 1 heterocycles. The Morgan fingerprint density at radius 3 is 2.68 bits per heavy atom. The van der Waals surface area contributed by atoms with Gasteiger partial charge in [-0.15, -0.1) is 0 Å². The molecule has 0 radical (unpaired) electrons. The van der Waals surface area contributed by atoms with Crippen molar-refractivity contribution in [1.29, 1.82) is 0 Å². The second-order valence-corrected chi connectivity index (χ2v) is 7.03. The average molecular weight is 279 g/mol. The van der Waals surface area contributed by atoms with Crippen LogP contribution in [0.2, 0.25) is 0 Å². The SMILES string of the molecule is CCNc1cc(C2CCCC2)nc(CSC(C)C)n1. The first-order valence-corrected chi connectivity index (χ1v) is 8.47. The number of nitrogens with one attached hydrogen (secondary N) is 1. The molecule has 1 aromatic rings. The summed E-state index contributed by atoms with van der Waals surface area (Å²) in [5.74, 6) is 3.55. The van der Waals surface area contributed by atoms with Gasteiger partial charge in [0.05, 0.1) is 5.75 Å². The van der Waals surface area contributed by atoms with E-state index in [2.05, 4.69) is 37.1 Å². The molecule has 1 aliphatic carbocycles. The number of anilines is 1. The minimum absolute atomic E-state index is 0.626.